The van der Waals surface area contributed by atoms with Crippen LogP contribution < -0.4 is 9.47 Å². The van der Waals surface area contributed by atoms with Crippen LogP contribution in [0.1, 0.15) is 0 Å². The SMILES string of the molecule is COc1nsc(Oc2cc(Cl)c(Cl)cc2Cl)n1. The van der Waals surface area contributed by atoms with Crippen molar-refractivity contribution >= 4 is 46.3 Å². The van der Waals surface area contributed by atoms with E-state index in [9.17, 15) is 0 Å². The molecule has 1 aromatic carbocycles. The molecule has 0 aliphatic heterocycles. The van der Waals surface area contributed by atoms with Gasteiger partial charge in [-0.05, 0) is 6.07 Å². The summed E-state index contributed by atoms with van der Waals surface area (Å²) in [6.45, 7) is 0. The lowest BCUT2D eigenvalue weighted by atomic mass is 10.3. The third kappa shape index (κ3) is 2.93. The molecular formula is C9H5Cl3N2O2S. The number of rotatable bonds is 3. The molecule has 0 N–H and O–H groups in total. The number of nitrogens with zero attached hydrogens (tertiary/aromatic N) is 2. The molecule has 0 atom stereocenters. The maximum atomic E-state index is 5.95. The number of ether oxygens (including phenoxy) is 2. The van der Waals surface area contributed by atoms with Gasteiger partial charge in [0.05, 0.1) is 22.2 Å². The number of hydrogen-bond donors (Lipinski definition) is 0. The largest absolute Gasteiger partial charge is 0.466 e. The molecular weight excluding hydrogens is 307 g/mol. The predicted octanol–water partition coefficient (Wildman–Crippen LogP) is 4.30. The van der Waals surface area contributed by atoms with Gasteiger partial charge in [0.25, 0.3) is 0 Å². The van der Waals surface area contributed by atoms with Gasteiger partial charge in [0.1, 0.15) is 0 Å². The molecule has 0 aliphatic carbocycles. The first-order valence-electron chi connectivity index (χ1n) is 4.30. The molecule has 8 heteroatoms. The van der Waals surface area contributed by atoms with Crippen LogP contribution in [0.4, 0.5) is 0 Å². The summed E-state index contributed by atoms with van der Waals surface area (Å²) < 4.78 is 14.1. The van der Waals surface area contributed by atoms with Crippen LogP contribution in [0.25, 0.3) is 0 Å². The first-order chi connectivity index (χ1) is 8.10. The Bertz CT molecular complexity index is 547. The van der Waals surface area contributed by atoms with Gasteiger partial charge in [0.15, 0.2) is 5.75 Å². The molecule has 1 heterocycles. The van der Waals surface area contributed by atoms with E-state index in [-0.39, 0.29) is 6.01 Å². The number of halogens is 3. The Labute approximate surface area is 116 Å². The van der Waals surface area contributed by atoms with E-state index in [1.807, 2.05) is 0 Å². The van der Waals surface area contributed by atoms with Crippen LogP contribution in [0.15, 0.2) is 12.1 Å². The van der Waals surface area contributed by atoms with Crippen molar-refractivity contribution in [2.75, 3.05) is 7.11 Å². The van der Waals surface area contributed by atoms with Gasteiger partial charge in [-0.1, -0.05) is 34.8 Å². The van der Waals surface area contributed by atoms with E-state index in [1.165, 1.54) is 19.2 Å². The van der Waals surface area contributed by atoms with Gasteiger partial charge < -0.3 is 9.47 Å². The zero-order valence-corrected chi connectivity index (χ0v) is 11.5. The minimum atomic E-state index is 0.237. The maximum absolute atomic E-state index is 5.95. The van der Waals surface area contributed by atoms with Gasteiger partial charge in [0.2, 0.25) is 0 Å². The van der Waals surface area contributed by atoms with E-state index in [0.717, 1.165) is 11.5 Å². The van der Waals surface area contributed by atoms with E-state index in [4.69, 9.17) is 44.3 Å². The van der Waals surface area contributed by atoms with Crippen LogP contribution >= 0.6 is 46.3 Å². The zero-order valence-electron chi connectivity index (χ0n) is 8.41. The molecule has 0 saturated carbocycles. The number of aromatic nitrogens is 2. The first-order valence-corrected chi connectivity index (χ1v) is 6.21. The standard InChI is InChI=1S/C9H5Cl3N2O2S/c1-15-8-13-9(17-14-8)16-7-3-5(11)4(10)2-6(7)12/h2-3H,1H3. The predicted molar refractivity (Wildman–Crippen MR) is 68.0 cm³/mol. The van der Waals surface area contributed by atoms with Crippen molar-refractivity contribution in [2.24, 2.45) is 0 Å². The van der Waals surface area contributed by atoms with Crippen LogP contribution in [0.5, 0.6) is 17.0 Å². The summed E-state index contributed by atoms with van der Waals surface area (Å²) in [7, 11) is 1.47. The third-order valence-electron chi connectivity index (χ3n) is 1.74. The summed E-state index contributed by atoms with van der Waals surface area (Å²) in [5, 5.41) is 1.36. The Hall–Kier alpha value is -0.750. The van der Waals surface area contributed by atoms with Crippen LogP contribution in [0, 0.1) is 0 Å². The molecule has 2 aromatic rings. The Morgan fingerprint density at radius 3 is 2.47 bits per heavy atom. The molecule has 2 rings (SSSR count). The molecule has 4 nitrogen and oxygen atoms in total. The minimum Gasteiger partial charge on any atom is -0.466 e. The van der Waals surface area contributed by atoms with Crippen molar-refractivity contribution < 1.29 is 9.47 Å². The van der Waals surface area contributed by atoms with Crippen LogP contribution in [-0.2, 0) is 0 Å². The van der Waals surface area contributed by atoms with Crippen LogP contribution in [0.3, 0.4) is 0 Å². The number of hydrogen-bond acceptors (Lipinski definition) is 5. The fourth-order valence-electron chi connectivity index (χ4n) is 0.998. The summed E-state index contributed by atoms with van der Waals surface area (Å²) in [5.74, 6) is 0.361. The lowest BCUT2D eigenvalue weighted by Crippen LogP contribution is -1.87. The van der Waals surface area contributed by atoms with E-state index < -0.39 is 0 Å². The second kappa shape index (κ2) is 5.27. The van der Waals surface area contributed by atoms with Gasteiger partial charge in [-0.2, -0.15) is 0 Å². The Balaban J connectivity index is 2.26. The van der Waals surface area contributed by atoms with Crippen molar-refractivity contribution in [1.29, 1.82) is 0 Å². The van der Waals surface area contributed by atoms with Crippen molar-refractivity contribution in [3.63, 3.8) is 0 Å². The van der Waals surface area contributed by atoms with Gasteiger partial charge >= 0.3 is 11.2 Å². The van der Waals surface area contributed by atoms with E-state index in [0.29, 0.717) is 26.0 Å². The smallest absolute Gasteiger partial charge is 0.331 e. The van der Waals surface area contributed by atoms with E-state index in [2.05, 4.69) is 9.36 Å². The van der Waals surface area contributed by atoms with Crippen LogP contribution in [-0.4, -0.2) is 16.5 Å². The fourth-order valence-corrected chi connectivity index (χ4v) is 2.09. The highest BCUT2D eigenvalue weighted by Crippen LogP contribution is 2.37. The molecule has 0 spiro atoms. The third-order valence-corrected chi connectivity index (χ3v) is 3.34. The Morgan fingerprint density at radius 2 is 1.82 bits per heavy atom. The second-order valence-electron chi connectivity index (χ2n) is 2.85. The summed E-state index contributed by atoms with van der Waals surface area (Å²) in [6, 6.07) is 3.25. The summed E-state index contributed by atoms with van der Waals surface area (Å²) in [6.07, 6.45) is 0. The summed E-state index contributed by atoms with van der Waals surface area (Å²) in [5.41, 5.74) is 0. The second-order valence-corrected chi connectivity index (χ2v) is 4.78. The van der Waals surface area contributed by atoms with Crippen molar-refractivity contribution in [3.8, 4) is 17.0 Å². The average Bonchev–Trinajstić information content (AvgIpc) is 2.73. The lowest BCUT2D eigenvalue weighted by molar-refractivity contribution is 0.378. The van der Waals surface area contributed by atoms with Gasteiger partial charge in [-0.3, -0.25) is 0 Å². The molecule has 1 aromatic heterocycles. The quantitative estimate of drug-likeness (QED) is 0.793. The van der Waals surface area contributed by atoms with E-state index >= 15 is 0 Å². The number of methoxy groups -OCH3 is 1. The minimum absolute atomic E-state index is 0.237. The topological polar surface area (TPSA) is 44.2 Å². The van der Waals surface area contributed by atoms with Crippen molar-refractivity contribution in [2.45, 2.75) is 0 Å². The number of benzene rings is 1. The molecule has 0 amide bonds. The highest BCUT2D eigenvalue weighted by Gasteiger charge is 2.11. The molecule has 0 bridgehead atoms. The fraction of sp³-hybridized carbons (Fsp3) is 0.111. The maximum Gasteiger partial charge on any atom is 0.331 e. The summed E-state index contributed by atoms with van der Waals surface area (Å²) in [4.78, 5) is 3.95. The molecule has 0 fully saturated rings. The monoisotopic (exact) mass is 310 g/mol. The normalized spacial score (nSPS) is 10.4. The Kier molecular flexibility index (Phi) is 3.93. The summed E-state index contributed by atoms with van der Waals surface area (Å²) >= 11 is 18.6. The van der Waals surface area contributed by atoms with Crippen LogP contribution in [0.2, 0.25) is 15.1 Å². The molecule has 0 unspecified atom stereocenters. The first kappa shape index (κ1) is 12.7. The molecule has 0 saturated heterocycles. The Morgan fingerprint density at radius 1 is 1.12 bits per heavy atom. The van der Waals surface area contributed by atoms with Gasteiger partial charge in [-0.25, -0.2) is 0 Å². The van der Waals surface area contributed by atoms with Gasteiger partial charge in [0, 0.05) is 17.6 Å². The van der Waals surface area contributed by atoms with E-state index in [1.54, 1.807) is 0 Å². The highest BCUT2D eigenvalue weighted by molar-refractivity contribution is 7.07. The average molecular weight is 312 g/mol. The van der Waals surface area contributed by atoms with Gasteiger partial charge in [-0.15, -0.1) is 9.36 Å². The lowest BCUT2D eigenvalue weighted by Gasteiger charge is -2.05. The molecule has 90 valence electrons. The molecule has 17 heavy (non-hydrogen) atoms. The molecule has 0 radical (unpaired) electrons. The highest BCUT2D eigenvalue weighted by atomic mass is 35.5. The molecule has 0 aliphatic rings. The van der Waals surface area contributed by atoms with Crippen molar-refractivity contribution in [3.05, 3.63) is 27.2 Å². The zero-order chi connectivity index (χ0) is 12.4. The van der Waals surface area contributed by atoms with Crippen molar-refractivity contribution in [1.82, 2.24) is 9.36 Å².